The Hall–Kier alpha value is -4.21. The van der Waals surface area contributed by atoms with Crippen LogP contribution in [0.3, 0.4) is 0 Å². The van der Waals surface area contributed by atoms with Crippen LogP contribution in [0.15, 0.2) is 51.9 Å². The van der Waals surface area contributed by atoms with Gasteiger partial charge < -0.3 is 34.2 Å². The molecule has 0 aliphatic carbocycles. The van der Waals surface area contributed by atoms with Crippen LogP contribution >= 0.6 is 0 Å². The minimum absolute atomic E-state index is 0.0875. The number of aliphatic hydroxyl groups excluding tert-OH is 1. The summed E-state index contributed by atoms with van der Waals surface area (Å²) in [5.74, 6) is -0.798. The fourth-order valence-corrected chi connectivity index (χ4v) is 7.00. The van der Waals surface area contributed by atoms with Crippen molar-refractivity contribution in [2.75, 3.05) is 43.4 Å². The number of hydrogen-bond acceptors (Lipinski definition) is 9. The molecule has 1 aliphatic rings. The number of carbonyl (C=O) groups excluding carboxylic acids is 2. The van der Waals surface area contributed by atoms with E-state index in [2.05, 4.69) is 15.2 Å². The molecule has 1 aliphatic heterocycles. The van der Waals surface area contributed by atoms with Gasteiger partial charge in [-0.25, -0.2) is 17.6 Å². The van der Waals surface area contributed by atoms with Crippen LogP contribution in [0.4, 0.5) is 20.6 Å². The second-order valence-electron chi connectivity index (χ2n) is 12.6. The summed E-state index contributed by atoms with van der Waals surface area (Å²) in [6.45, 7) is 8.94. The van der Waals surface area contributed by atoms with Crippen molar-refractivity contribution in [3.8, 4) is 5.75 Å². The molecule has 49 heavy (non-hydrogen) atoms. The van der Waals surface area contributed by atoms with Crippen molar-refractivity contribution in [1.29, 1.82) is 0 Å². The van der Waals surface area contributed by atoms with Gasteiger partial charge in [0.05, 0.1) is 30.4 Å². The average molecular weight is 704 g/mol. The third kappa shape index (κ3) is 9.70. The molecular formula is C34H46FN5O8S. The topological polar surface area (TPSA) is 164 Å². The van der Waals surface area contributed by atoms with Gasteiger partial charge in [-0.2, -0.15) is 0 Å². The number of aryl methyl sites for hydroxylation is 2. The van der Waals surface area contributed by atoms with Gasteiger partial charge in [0.25, 0.3) is 15.9 Å². The second kappa shape index (κ2) is 16.5. The molecule has 0 saturated heterocycles. The van der Waals surface area contributed by atoms with Gasteiger partial charge in [-0.1, -0.05) is 12.1 Å². The van der Waals surface area contributed by atoms with E-state index in [1.807, 2.05) is 13.8 Å². The van der Waals surface area contributed by atoms with Crippen LogP contribution in [0.5, 0.6) is 5.75 Å². The maximum Gasteiger partial charge on any atom is 0.321 e. The van der Waals surface area contributed by atoms with E-state index in [1.54, 1.807) is 20.0 Å². The lowest BCUT2D eigenvalue weighted by molar-refractivity contribution is -0.0115. The van der Waals surface area contributed by atoms with Crippen molar-refractivity contribution >= 4 is 33.3 Å². The number of likely N-dealkylation sites (N-methyl/N-ethyl adjacent to an activating group) is 1. The number of nitrogens with zero attached hydrogens (tertiary/aromatic N) is 3. The molecular weight excluding hydrogens is 657 g/mol. The van der Waals surface area contributed by atoms with Crippen LogP contribution in [0.1, 0.15) is 61.8 Å². The third-order valence-corrected chi connectivity index (χ3v) is 10.1. The normalized spacial score (nSPS) is 20.0. The Kier molecular flexibility index (Phi) is 12.6. The Morgan fingerprint density at radius 2 is 1.84 bits per heavy atom. The number of sulfonamides is 1. The maximum absolute atomic E-state index is 14.4. The van der Waals surface area contributed by atoms with Crippen molar-refractivity contribution in [2.45, 2.75) is 77.0 Å². The number of aromatic nitrogens is 1. The van der Waals surface area contributed by atoms with Gasteiger partial charge in [-0.3, -0.25) is 9.52 Å². The maximum atomic E-state index is 14.4. The lowest BCUT2D eigenvalue weighted by atomic mass is 10.0. The molecule has 2 heterocycles. The Bertz CT molecular complexity index is 1680. The lowest BCUT2D eigenvalue weighted by Gasteiger charge is -2.35. The molecule has 4 atom stereocenters. The third-order valence-electron chi connectivity index (χ3n) is 8.44. The van der Waals surface area contributed by atoms with E-state index in [1.165, 1.54) is 60.0 Å². The molecule has 0 unspecified atom stereocenters. The minimum atomic E-state index is -4.11. The molecule has 0 radical (unpaired) electrons. The zero-order chi connectivity index (χ0) is 35.9. The first-order chi connectivity index (χ1) is 23.2. The quantitative estimate of drug-likeness (QED) is 0.287. The molecule has 13 nitrogen and oxygen atoms in total. The Morgan fingerprint density at radius 1 is 1.14 bits per heavy atom. The molecule has 3 aromatic rings. The molecule has 268 valence electrons. The largest absolute Gasteiger partial charge is 0.490 e. The van der Waals surface area contributed by atoms with E-state index < -0.39 is 39.9 Å². The number of amides is 3. The fourth-order valence-electron chi connectivity index (χ4n) is 5.62. The summed E-state index contributed by atoms with van der Waals surface area (Å²) in [6.07, 6.45) is 1.39. The minimum Gasteiger partial charge on any atom is -0.490 e. The SMILES string of the molecule is Cc1noc(C)c1S(=O)(=O)Nc1ccc2c(c1)C(=O)N([C@@H](C)CO)C[C@@H](C)[C@H](CN(C)C(=O)Nc1ccc(F)cc1)OCCCC[C@@H](C)O2. The molecule has 2 aromatic carbocycles. The van der Waals surface area contributed by atoms with Gasteiger partial charge >= 0.3 is 6.03 Å². The Balaban J connectivity index is 1.63. The number of benzene rings is 2. The summed E-state index contributed by atoms with van der Waals surface area (Å²) in [5.41, 5.74) is 0.881. The highest BCUT2D eigenvalue weighted by Crippen LogP contribution is 2.30. The summed E-state index contributed by atoms with van der Waals surface area (Å²) < 4.78 is 60.1. The van der Waals surface area contributed by atoms with Crippen molar-refractivity contribution in [1.82, 2.24) is 15.0 Å². The van der Waals surface area contributed by atoms with E-state index in [-0.39, 0.29) is 65.1 Å². The van der Waals surface area contributed by atoms with Crippen molar-refractivity contribution in [3.63, 3.8) is 0 Å². The van der Waals surface area contributed by atoms with Crippen LogP contribution in [-0.4, -0.2) is 92.0 Å². The van der Waals surface area contributed by atoms with Crippen LogP contribution in [0, 0.1) is 25.6 Å². The van der Waals surface area contributed by atoms with Gasteiger partial charge in [0, 0.05) is 44.0 Å². The standard InChI is InChI=1S/C34H46FN5O8S/c1-21-18-40(22(2)20-41)33(42)29-17-28(38-49(44,45)32-24(4)37-48-25(32)5)14-15-30(29)47-23(3)9-7-8-16-46-31(21)19-39(6)34(43)36-27-12-10-26(35)11-13-27/h10-15,17,21-23,31,38,41H,7-9,16,18-20H2,1-6H3,(H,36,43)/t21-,22+,23-,31+/m1/s1. The highest BCUT2D eigenvalue weighted by atomic mass is 32.2. The molecule has 4 rings (SSSR count). The number of halogens is 1. The summed E-state index contributed by atoms with van der Waals surface area (Å²) in [5, 5.41) is 16.7. The number of nitrogens with one attached hydrogen (secondary N) is 2. The first kappa shape index (κ1) is 37.6. The van der Waals surface area contributed by atoms with Crippen molar-refractivity contribution in [3.05, 3.63) is 65.3 Å². The number of fused-ring (bicyclic) bond motifs is 1. The van der Waals surface area contributed by atoms with E-state index in [4.69, 9.17) is 14.0 Å². The average Bonchev–Trinajstić information content (AvgIpc) is 3.41. The highest BCUT2D eigenvalue weighted by molar-refractivity contribution is 7.92. The summed E-state index contributed by atoms with van der Waals surface area (Å²) in [6, 6.07) is 8.92. The number of aliphatic hydroxyl groups is 1. The highest BCUT2D eigenvalue weighted by Gasteiger charge is 2.32. The van der Waals surface area contributed by atoms with Crippen LogP contribution in [-0.2, 0) is 14.8 Å². The molecule has 15 heteroatoms. The number of rotatable bonds is 8. The molecule has 0 fully saturated rings. The fraction of sp³-hybridized carbons (Fsp3) is 0.500. The number of urea groups is 1. The van der Waals surface area contributed by atoms with Gasteiger partial charge in [0.1, 0.15) is 17.3 Å². The summed E-state index contributed by atoms with van der Waals surface area (Å²) in [7, 11) is -2.48. The van der Waals surface area contributed by atoms with Gasteiger partial charge in [0.15, 0.2) is 10.7 Å². The van der Waals surface area contributed by atoms with Crippen molar-refractivity contribution < 1.29 is 41.5 Å². The van der Waals surface area contributed by atoms with E-state index in [0.29, 0.717) is 18.7 Å². The number of carbonyl (C=O) groups is 2. The molecule has 0 bridgehead atoms. The molecule has 1 aromatic heterocycles. The zero-order valence-electron chi connectivity index (χ0n) is 28.7. The van der Waals surface area contributed by atoms with Gasteiger partial charge in [-0.15, -0.1) is 0 Å². The summed E-state index contributed by atoms with van der Waals surface area (Å²) in [4.78, 5) is 30.3. The number of anilines is 2. The Morgan fingerprint density at radius 3 is 2.49 bits per heavy atom. The monoisotopic (exact) mass is 703 g/mol. The predicted octanol–water partition coefficient (Wildman–Crippen LogP) is 5.19. The van der Waals surface area contributed by atoms with Crippen molar-refractivity contribution in [2.24, 2.45) is 5.92 Å². The lowest BCUT2D eigenvalue weighted by Crippen LogP contribution is -2.48. The van der Waals surface area contributed by atoms with Crippen LogP contribution < -0.4 is 14.8 Å². The number of ether oxygens (including phenoxy) is 2. The predicted molar refractivity (Wildman–Crippen MR) is 182 cm³/mol. The molecule has 3 N–H and O–H groups in total. The van der Waals surface area contributed by atoms with E-state index >= 15 is 0 Å². The zero-order valence-corrected chi connectivity index (χ0v) is 29.5. The van der Waals surface area contributed by atoms with E-state index in [9.17, 15) is 27.5 Å². The molecule has 0 spiro atoms. The molecule has 3 amide bonds. The number of hydrogen-bond donors (Lipinski definition) is 3. The van der Waals surface area contributed by atoms with Crippen LogP contribution in [0.2, 0.25) is 0 Å². The first-order valence-electron chi connectivity index (χ1n) is 16.3. The van der Waals surface area contributed by atoms with E-state index in [0.717, 1.165) is 12.8 Å². The van der Waals surface area contributed by atoms with Gasteiger partial charge in [0.2, 0.25) is 0 Å². The first-order valence-corrected chi connectivity index (χ1v) is 17.8. The van der Waals surface area contributed by atoms with Crippen LogP contribution in [0.25, 0.3) is 0 Å². The van der Waals surface area contributed by atoms with Gasteiger partial charge in [-0.05, 0) is 89.4 Å². The summed E-state index contributed by atoms with van der Waals surface area (Å²) >= 11 is 0. The molecule has 0 saturated carbocycles. The smallest absolute Gasteiger partial charge is 0.321 e. The second-order valence-corrected chi connectivity index (χ2v) is 14.2. The Labute approximate surface area is 286 Å².